The standard InChI is InChI=1S/C32H49N5O4/c1-2-16-30(31(39)40)36-32(41)35-23-12-6-5-9-20-29(38)19-8-4-3-7-15-24-37(25-27-17-10-13-21-33-27)26-28-18-11-14-22-34-28/h10-11,13-14,17-18,21-22,30H,2-9,12,15-16,19-20,23-26H2,1H3,(H,39,40)(H2,35,36,41). The zero-order valence-corrected chi connectivity index (χ0v) is 24.7. The summed E-state index contributed by atoms with van der Waals surface area (Å²) in [5.41, 5.74) is 2.14. The summed E-state index contributed by atoms with van der Waals surface area (Å²) in [4.78, 5) is 46.5. The van der Waals surface area contributed by atoms with Crippen molar-refractivity contribution < 1.29 is 19.5 Å². The molecule has 1 unspecified atom stereocenters. The van der Waals surface area contributed by atoms with Crippen LogP contribution in [-0.4, -0.2) is 56.9 Å². The molecule has 3 N–H and O–H groups in total. The highest BCUT2D eigenvalue weighted by atomic mass is 16.4. The maximum Gasteiger partial charge on any atom is 0.326 e. The Morgan fingerprint density at radius 1 is 0.805 bits per heavy atom. The lowest BCUT2D eigenvalue weighted by Gasteiger charge is -2.21. The highest BCUT2D eigenvalue weighted by Crippen LogP contribution is 2.12. The number of urea groups is 1. The van der Waals surface area contributed by atoms with Gasteiger partial charge in [0.2, 0.25) is 0 Å². The van der Waals surface area contributed by atoms with Crippen LogP contribution in [0.1, 0.15) is 102 Å². The minimum atomic E-state index is -1.01. The third kappa shape index (κ3) is 16.5. The third-order valence-corrected chi connectivity index (χ3v) is 7.00. The number of ketones is 1. The Morgan fingerprint density at radius 3 is 1.90 bits per heavy atom. The van der Waals surface area contributed by atoms with Crippen LogP contribution < -0.4 is 10.6 Å². The first-order valence-electron chi connectivity index (χ1n) is 15.3. The van der Waals surface area contributed by atoms with E-state index >= 15 is 0 Å². The van der Waals surface area contributed by atoms with Gasteiger partial charge >= 0.3 is 12.0 Å². The van der Waals surface area contributed by atoms with Gasteiger partial charge in [-0.25, -0.2) is 9.59 Å². The van der Waals surface area contributed by atoms with Gasteiger partial charge in [0.15, 0.2) is 0 Å². The van der Waals surface area contributed by atoms with Gasteiger partial charge in [-0.1, -0.05) is 57.6 Å². The number of aliphatic carboxylic acids is 1. The van der Waals surface area contributed by atoms with E-state index in [2.05, 4.69) is 37.6 Å². The molecule has 2 amide bonds. The average Bonchev–Trinajstić information content (AvgIpc) is 2.97. The van der Waals surface area contributed by atoms with Crippen molar-refractivity contribution in [3.63, 3.8) is 0 Å². The van der Waals surface area contributed by atoms with Gasteiger partial charge in [-0.15, -0.1) is 0 Å². The van der Waals surface area contributed by atoms with E-state index in [9.17, 15) is 14.4 Å². The summed E-state index contributed by atoms with van der Waals surface area (Å²) in [7, 11) is 0. The number of hydrogen-bond acceptors (Lipinski definition) is 6. The predicted molar refractivity (Wildman–Crippen MR) is 161 cm³/mol. The number of carbonyl (C=O) groups is 3. The zero-order valence-electron chi connectivity index (χ0n) is 24.7. The molecule has 41 heavy (non-hydrogen) atoms. The molecule has 0 saturated heterocycles. The molecule has 0 aliphatic carbocycles. The number of pyridine rings is 2. The van der Waals surface area contributed by atoms with Crippen LogP contribution in [0.15, 0.2) is 48.8 Å². The van der Waals surface area contributed by atoms with E-state index < -0.39 is 18.0 Å². The maximum atomic E-state index is 12.2. The van der Waals surface area contributed by atoms with E-state index in [1.165, 1.54) is 0 Å². The van der Waals surface area contributed by atoms with Crippen LogP contribution in [0.2, 0.25) is 0 Å². The summed E-state index contributed by atoms with van der Waals surface area (Å²) in [5.74, 6) is -0.668. The summed E-state index contributed by atoms with van der Waals surface area (Å²) < 4.78 is 0. The number of carboxylic acids is 1. The summed E-state index contributed by atoms with van der Waals surface area (Å²) in [6.07, 6.45) is 15.1. The fourth-order valence-corrected chi connectivity index (χ4v) is 4.73. The molecular formula is C32H49N5O4. The normalized spacial score (nSPS) is 11.8. The summed E-state index contributed by atoms with van der Waals surface area (Å²) in [6, 6.07) is 10.8. The molecule has 9 heteroatoms. The number of nitrogens with one attached hydrogen (secondary N) is 2. The quantitative estimate of drug-likeness (QED) is 0.143. The molecule has 0 aromatic carbocycles. The first-order valence-corrected chi connectivity index (χ1v) is 15.3. The van der Waals surface area contributed by atoms with Gasteiger partial charge in [0.05, 0.1) is 11.4 Å². The van der Waals surface area contributed by atoms with Crippen molar-refractivity contribution in [1.82, 2.24) is 25.5 Å². The zero-order chi connectivity index (χ0) is 29.5. The highest BCUT2D eigenvalue weighted by Gasteiger charge is 2.18. The number of carbonyl (C=O) groups excluding carboxylic acids is 2. The first kappa shape index (κ1) is 33.9. The van der Waals surface area contributed by atoms with Crippen LogP contribution in [0.25, 0.3) is 0 Å². The van der Waals surface area contributed by atoms with Crippen molar-refractivity contribution in [1.29, 1.82) is 0 Å². The lowest BCUT2D eigenvalue weighted by molar-refractivity contribution is -0.139. The van der Waals surface area contributed by atoms with Crippen LogP contribution >= 0.6 is 0 Å². The van der Waals surface area contributed by atoms with Gasteiger partial charge in [0, 0.05) is 44.9 Å². The van der Waals surface area contributed by atoms with E-state index in [1.807, 2.05) is 43.6 Å². The second kappa shape index (κ2) is 21.4. The van der Waals surface area contributed by atoms with Crippen LogP contribution in [-0.2, 0) is 22.7 Å². The van der Waals surface area contributed by atoms with Crippen molar-refractivity contribution in [2.45, 2.75) is 110 Å². The molecule has 226 valence electrons. The SMILES string of the molecule is CCCC(NC(=O)NCCCCCCC(=O)CCCCCCCN(Cc1ccccn1)Cc1ccccn1)C(=O)O. The minimum absolute atomic E-state index is 0.343. The lowest BCUT2D eigenvalue weighted by atomic mass is 10.0. The molecule has 2 aromatic heterocycles. The summed E-state index contributed by atoms with van der Waals surface area (Å²) in [6.45, 7) is 5.00. The van der Waals surface area contributed by atoms with Gasteiger partial charge < -0.3 is 15.7 Å². The molecular weight excluding hydrogens is 518 g/mol. The monoisotopic (exact) mass is 567 g/mol. The molecule has 0 bridgehead atoms. The molecule has 0 fully saturated rings. The topological polar surface area (TPSA) is 125 Å². The van der Waals surface area contributed by atoms with E-state index in [1.54, 1.807) is 0 Å². The predicted octanol–water partition coefficient (Wildman–Crippen LogP) is 5.89. The Balaban J connectivity index is 1.47. The van der Waals surface area contributed by atoms with Crippen molar-refractivity contribution in [3.05, 3.63) is 60.2 Å². The summed E-state index contributed by atoms with van der Waals surface area (Å²) in [5, 5.41) is 14.3. The van der Waals surface area contributed by atoms with E-state index in [0.29, 0.717) is 38.0 Å². The van der Waals surface area contributed by atoms with E-state index in [0.717, 1.165) is 88.8 Å². The third-order valence-electron chi connectivity index (χ3n) is 7.00. The molecule has 0 aliphatic rings. The number of unbranched alkanes of at least 4 members (excludes halogenated alkanes) is 7. The van der Waals surface area contributed by atoms with Gasteiger partial charge in [-0.3, -0.25) is 19.7 Å². The molecule has 0 aliphatic heterocycles. The maximum absolute atomic E-state index is 12.2. The van der Waals surface area contributed by atoms with Gasteiger partial charge in [-0.2, -0.15) is 0 Å². The van der Waals surface area contributed by atoms with Crippen LogP contribution in [0, 0.1) is 0 Å². The van der Waals surface area contributed by atoms with Gasteiger partial charge in [0.1, 0.15) is 11.8 Å². The van der Waals surface area contributed by atoms with Crippen molar-refractivity contribution in [2.24, 2.45) is 0 Å². The number of rotatable bonds is 23. The smallest absolute Gasteiger partial charge is 0.326 e. The molecule has 2 heterocycles. The minimum Gasteiger partial charge on any atom is -0.480 e. The summed E-state index contributed by atoms with van der Waals surface area (Å²) >= 11 is 0. The van der Waals surface area contributed by atoms with E-state index in [4.69, 9.17) is 5.11 Å². The van der Waals surface area contributed by atoms with Crippen molar-refractivity contribution in [2.75, 3.05) is 13.1 Å². The Hall–Kier alpha value is -3.33. The number of hydrogen-bond donors (Lipinski definition) is 3. The Labute approximate surface area is 245 Å². The van der Waals surface area contributed by atoms with Crippen LogP contribution in [0.5, 0.6) is 0 Å². The average molecular weight is 568 g/mol. The first-order chi connectivity index (χ1) is 20.0. The van der Waals surface area contributed by atoms with Crippen molar-refractivity contribution in [3.8, 4) is 0 Å². The van der Waals surface area contributed by atoms with Gasteiger partial charge in [-0.05, 0) is 62.9 Å². The second-order valence-corrected chi connectivity index (χ2v) is 10.7. The Kier molecular flexibility index (Phi) is 17.7. The lowest BCUT2D eigenvalue weighted by Crippen LogP contribution is -2.46. The molecule has 1 atom stereocenters. The molecule has 2 rings (SSSR count). The van der Waals surface area contributed by atoms with E-state index in [-0.39, 0.29) is 0 Å². The number of aromatic nitrogens is 2. The Bertz CT molecular complexity index is 949. The highest BCUT2D eigenvalue weighted by molar-refractivity contribution is 5.82. The fraction of sp³-hybridized carbons (Fsp3) is 0.594. The molecule has 0 saturated carbocycles. The fourth-order valence-electron chi connectivity index (χ4n) is 4.73. The second-order valence-electron chi connectivity index (χ2n) is 10.7. The van der Waals surface area contributed by atoms with Crippen LogP contribution in [0.4, 0.5) is 4.79 Å². The number of carboxylic acid groups (broad SMARTS) is 1. The van der Waals surface area contributed by atoms with Crippen LogP contribution in [0.3, 0.4) is 0 Å². The number of nitrogens with zero attached hydrogens (tertiary/aromatic N) is 3. The molecule has 9 nitrogen and oxygen atoms in total. The molecule has 0 spiro atoms. The number of Topliss-reactive ketones (excluding diaryl/α,β-unsaturated/α-hetero) is 1. The Morgan fingerprint density at radius 2 is 1.37 bits per heavy atom. The van der Waals surface area contributed by atoms with Gasteiger partial charge in [0.25, 0.3) is 0 Å². The van der Waals surface area contributed by atoms with Crippen molar-refractivity contribution >= 4 is 17.8 Å². The largest absolute Gasteiger partial charge is 0.480 e. The number of amides is 2. The molecule has 2 aromatic rings. The molecule has 0 radical (unpaired) electrons.